The standard InChI is InChI=1S/C10H19NO6/c1-3-16-10-7(11-5(2)13)9(15)8(14)6(4-12)17-10/h6-10,12,14-15H,3-4H2,1-2H3,(H,11,13)/t6-,7-,8-,9-,10?/m1/s1. The van der Waals surface area contributed by atoms with Gasteiger partial charge in [0.15, 0.2) is 6.29 Å². The van der Waals surface area contributed by atoms with Crippen molar-refractivity contribution < 1.29 is 29.6 Å². The molecule has 7 heteroatoms. The van der Waals surface area contributed by atoms with Crippen LogP contribution in [0.25, 0.3) is 0 Å². The second kappa shape index (κ2) is 6.27. The predicted octanol–water partition coefficient (Wildman–Crippen LogP) is -2.03. The highest BCUT2D eigenvalue weighted by atomic mass is 16.7. The molecular weight excluding hydrogens is 230 g/mol. The molecule has 100 valence electrons. The van der Waals surface area contributed by atoms with Crippen LogP contribution in [-0.2, 0) is 14.3 Å². The normalized spacial score (nSPS) is 37.8. The highest BCUT2D eigenvalue weighted by Crippen LogP contribution is 2.21. The summed E-state index contributed by atoms with van der Waals surface area (Å²) in [4.78, 5) is 11.0. The molecule has 1 rings (SSSR count). The fraction of sp³-hybridized carbons (Fsp3) is 0.900. The Labute approximate surface area is 99.3 Å². The first-order valence-electron chi connectivity index (χ1n) is 5.52. The van der Waals surface area contributed by atoms with E-state index in [9.17, 15) is 15.0 Å². The topological polar surface area (TPSA) is 108 Å². The van der Waals surface area contributed by atoms with Gasteiger partial charge in [0, 0.05) is 13.5 Å². The molecule has 0 bridgehead atoms. The van der Waals surface area contributed by atoms with Crippen molar-refractivity contribution in [1.82, 2.24) is 5.32 Å². The summed E-state index contributed by atoms with van der Waals surface area (Å²) < 4.78 is 10.5. The lowest BCUT2D eigenvalue weighted by atomic mass is 9.97. The molecule has 7 nitrogen and oxygen atoms in total. The largest absolute Gasteiger partial charge is 0.394 e. The van der Waals surface area contributed by atoms with Crippen LogP contribution in [0.4, 0.5) is 0 Å². The van der Waals surface area contributed by atoms with Gasteiger partial charge in [-0.05, 0) is 6.92 Å². The Kier molecular flexibility index (Phi) is 5.29. The van der Waals surface area contributed by atoms with Crippen molar-refractivity contribution in [3.05, 3.63) is 0 Å². The number of carbonyl (C=O) groups excluding carboxylic acids is 1. The van der Waals surface area contributed by atoms with Crippen LogP contribution in [-0.4, -0.2) is 65.1 Å². The summed E-state index contributed by atoms with van der Waals surface area (Å²) in [7, 11) is 0. The average Bonchev–Trinajstić information content (AvgIpc) is 2.28. The zero-order valence-electron chi connectivity index (χ0n) is 9.87. The molecule has 4 N–H and O–H groups in total. The average molecular weight is 249 g/mol. The van der Waals surface area contributed by atoms with Crippen molar-refractivity contribution in [3.63, 3.8) is 0 Å². The van der Waals surface area contributed by atoms with Crippen molar-refractivity contribution in [2.45, 2.75) is 44.5 Å². The van der Waals surface area contributed by atoms with Gasteiger partial charge in [-0.2, -0.15) is 0 Å². The van der Waals surface area contributed by atoms with E-state index in [1.54, 1.807) is 6.92 Å². The fourth-order valence-electron chi connectivity index (χ4n) is 1.78. The van der Waals surface area contributed by atoms with Gasteiger partial charge in [0.25, 0.3) is 0 Å². The Hall–Kier alpha value is -0.730. The van der Waals surface area contributed by atoms with Crippen LogP contribution < -0.4 is 5.32 Å². The second-order valence-electron chi connectivity index (χ2n) is 3.89. The summed E-state index contributed by atoms with van der Waals surface area (Å²) in [6.45, 7) is 2.91. The van der Waals surface area contributed by atoms with Crippen LogP contribution in [0.2, 0.25) is 0 Å². The van der Waals surface area contributed by atoms with E-state index in [1.165, 1.54) is 6.92 Å². The molecule has 0 aliphatic carbocycles. The molecule has 1 unspecified atom stereocenters. The van der Waals surface area contributed by atoms with Crippen LogP contribution in [0.3, 0.4) is 0 Å². The molecule has 1 fully saturated rings. The van der Waals surface area contributed by atoms with Crippen LogP contribution in [0.1, 0.15) is 13.8 Å². The van der Waals surface area contributed by atoms with Crippen LogP contribution >= 0.6 is 0 Å². The predicted molar refractivity (Wildman–Crippen MR) is 57.0 cm³/mol. The van der Waals surface area contributed by atoms with Gasteiger partial charge in [-0.15, -0.1) is 0 Å². The van der Waals surface area contributed by atoms with Crippen molar-refractivity contribution >= 4 is 5.91 Å². The van der Waals surface area contributed by atoms with E-state index >= 15 is 0 Å². The zero-order valence-corrected chi connectivity index (χ0v) is 9.87. The second-order valence-corrected chi connectivity index (χ2v) is 3.89. The van der Waals surface area contributed by atoms with E-state index in [0.717, 1.165) is 0 Å². The molecule has 1 saturated heterocycles. The Morgan fingerprint density at radius 2 is 2.06 bits per heavy atom. The van der Waals surface area contributed by atoms with Crippen LogP contribution in [0, 0.1) is 0 Å². The maximum Gasteiger partial charge on any atom is 0.217 e. The number of rotatable bonds is 4. The molecule has 0 spiro atoms. The summed E-state index contributed by atoms with van der Waals surface area (Å²) in [5.74, 6) is -0.364. The SMILES string of the molecule is CCOC1O[C@H](CO)[C@@H](O)[C@H](O)[C@H]1NC(C)=O. The molecule has 1 aliphatic heterocycles. The molecule has 0 aromatic carbocycles. The van der Waals surface area contributed by atoms with Gasteiger partial charge < -0.3 is 30.1 Å². The molecule has 17 heavy (non-hydrogen) atoms. The number of carbonyl (C=O) groups is 1. The quantitative estimate of drug-likeness (QED) is 0.457. The van der Waals surface area contributed by atoms with E-state index in [4.69, 9.17) is 14.6 Å². The van der Waals surface area contributed by atoms with Crippen molar-refractivity contribution in [3.8, 4) is 0 Å². The van der Waals surface area contributed by atoms with Crippen LogP contribution in [0.5, 0.6) is 0 Å². The summed E-state index contributed by atoms with van der Waals surface area (Å²) in [5.41, 5.74) is 0. The highest BCUT2D eigenvalue weighted by molar-refractivity contribution is 5.73. The first-order valence-corrected chi connectivity index (χ1v) is 5.52. The van der Waals surface area contributed by atoms with Crippen molar-refractivity contribution in [2.75, 3.05) is 13.2 Å². The Morgan fingerprint density at radius 3 is 2.53 bits per heavy atom. The number of aliphatic hydroxyl groups excluding tert-OH is 3. The molecular formula is C10H19NO6. The van der Waals surface area contributed by atoms with E-state index < -0.39 is 37.3 Å². The van der Waals surface area contributed by atoms with E-state index in [1.807, 2.05) is 0 Å². The smallest absolute Gasteiger partial charge is 0.217 e. The molecule has 0 saturated carbocycles. The Morgan fingerprint density at radius 1 is 1.41 bits per heavy atom. The lowest BCUT2D eigenvalue weighted by Crippen LogP contribution is -2.64. The minimum absolute atomic E-state index is 0.321. The van der Waals surface area contributed by atoms with E-state index in [0.29, 0.717) is 6.61 Å². The van der Waals surface area contributed by atoms with Crippen LogP contribution in [0.15, 0.2) is 0 Å². The first kappa shape index (κ1) is 14.3. The Bertz CT molecular complexity index is 261. The van der Waals surface area contributed by atoms with Gasteiger partial charge in [-0.25, -0.2) is 0 Å². The summed E-state index contributed by atoms with van der Waals surface area (Å²) in [5, 5.41) is 31.0. The zero-order chi connectivity index (χ0) is 13.0. The number of hydrogen-bond acceptors (Lipinski definition) is 6. The molecule has 0 radical (unpaired) electrons. The van der Waals surface area contributed by atoms with Gasteiger partial charge in [-0.3, -0.25) is 4.79 Å². The van der Waals surface area contributed by atoms with Gasteiger partial charge in [0.05, 0.1) is 6.61 Å². The number of amides is 1. The van der Waals surface area contributed by atoms with Gasteiger partial charge in [-0.1, -0.05) is 0 Å². The fourth-order valence-corrected chi connectivity index (χ4v) is 1.78. The summed E-state index contributed by atoms with van der Waals surface area (Å²) in [6.07, 6.45) is -4.33. The lowest BCUT2D eigenvalue weighted by molar-refractivity contribution is -0.268. The van der Waals surface area contributed by atoms with Crippen molar-refractivity contribution in [1.29, 1.82) is 0 Å². The van der Waals surface area contributed by atoms with Crippen molar-refractivity contribution in [2.24, 2.45) is 0 Å². The van der Waals surface area contributed by atoms with Gasteiger partial charge in [0.2, 0.25) is 5.91 Å². The number of nitrogens with one attached hydrogen (secondary N) is 1. The molecule has 0 aromatic heterocycles. The minimum Gasteiger partial charge on any atom is -0.394 e. The van der Waals surface area contributed by atoms with Gasteiger partial charge >= 0.3 is 0 Å². The minimum atomic E-state index is -1.27. The van der Waals surface area contributed by atoms with Gasteiger partial charge in [0.1, 0.15) is 24.4 Å². The van der Waals surface area contributed by atoms with E-state index in [-0.39, 0.29) is 5.91 Å². The number of hydrogen-bond donors (Lipinski definition) is 4. The summed E-state index contributed by atoms with van der Waals surface area (Å²) >= 11 is 0. The monoisotopic (exact) mass is 249 g/mol. The Balaban J connectivity index is 2.78. The summed E-state index contributed by atoms with van der Waals surface area (Å²) in [6, 6.07) is -0.856. The lowest BCUT2D eigenvalue weighted by Gasteiger charge is -2.42. The maximum absolute atomic E-state index is 11.0. The van der Waals surface area contributed by atoms with E-state index in [2.05, 4.69) is 5.32 Å². The first-order chi connectivity index (χ1) is 8.01. The molecule has 5 atom stereocenters. The number of aliphatic hydroxyl groups is 3. The third kappa shape index (κ3) is 3.36. The molecule has 0 aromatic rings. The molecule has 1 heterocycles. The molecule has 1 amide bonds. The maximum atomic E-state index is 11.0. The number of ether oxygens (including phenoxy) is 2. The highest BCUT2D eigenvalue weighted by Gasteiger charge is 2.45. The third-order valence-electron chi connectivity index (χ3n) is 2.58. The molecule has 1 aliphatic rings. The third-order valence-corrected chi connectivity index (χ3v) is 2.58.